The topological polar surface area (TPSA) is 89.8 Å². The lowest BCUT2D eigenvalue weighted by molar-refractivity contribution is -0.384. The first kappa shape index (κ1) is 22.6. The van der Waals surface area contributed by atoms with Crippen LogP contribution in [-0.4, -0.2) is 27.6 Å². The van der Waals surface area contributed by atoms with E-state index in [1.807, 2.05) is 26.0 Å². The zero-order chi connectivity index (χ0) is 22.7. The minimum absolute atomic E-state index is 0.0107. The molecule has 1 saturated heterocycles. The lowest BCUT2D eigenvalue weighted by Gasteiger charge is -2.16. The van der Waals surface area contributed by atoms with E-state index in [-0.39, 0.29) is 18.2 Å². The van der Waals surface area contributed by atoms with E-state index in [0.29, 0.717) is 17.1 Å². The number of carbonyl (C=O) groups is 2. The molecule has 1 aliphatic heterocycles. The molecule has 0 unspecified atom stereocenters. The Kier molecular flexibility index (Phi) is 6.80. The van der Waals surface area contributed by atoms with Gasteiger partial charge in [0, 0.05) is 12.1 Å². The van der Waals surface area contributed by atoms with E-state index in [1.54, 1.807) is 18.2 Å². The molecule has 162 valence electrons. The Balaban J connectivity index is 1.89. The summed E-state index contributed by atoms with van der Waals surface area (Å²) in [4.78, 5) is 37.3. The predicted octanol–water partition coefficient (Wildman–Crippen LogP) is 5.66. The van der Waals surface area contributed by atoms with Crippen molar-refractivity contribution in [2.75, 3.05) is 6.61 Å². The molecule has 0 radical (unpaired) electrons. The van der Waals surface area contributed by atoms with Crippen LogP contribution in [0.15, 0.2) is 41.3 Å². The van der Waals surface area contributed by atoms with Gasteiger partial charge in [-0.25, -0.2) is 0 Å². The van der Waals surface area contributed by atoms with Gasteiger partial charge in [-0.3, -0.25) is 24.6 Å². The van der Waals surface area contributed by atoms with Crippen molar-refractivity contribution in [3.8, 4) is 5.75 Å². The van der Waals surface area contributed by atoms with Crippen LogP contribution in [0, 0.1) is 17.0 Å². The van der Waals surface area contributed by atoms with E-state index < -0.39 is 16.1 Å². The van der Waals surface area contributed by atoms with Gasteiger partial charge in [-0.15, -0.1) is 0 Å². The van der Waals surface area contributed by atoms with E-state index in [1.165, 1.54) is 12.1 Å². The van der Waals surface area contributed by atoms with Crippen molar-refractivity contribution in [2.24, 2.45) is 0 Å². The number of non-ortho nitro benzene ring substituents is 1. The summed E-state index contributed by atoms with van der Waals surface area (Å²) in [6, 6.07) is 9.90. The molecule has 31 heavy (non-hydrogen) atoms. The lowest BCUT2D eigenvalue weighted by atomic mass is 9.96. The summed E-state index contributed by atoms with van der Waals surface area (Å²) in [6.07, 6.45) is 1.73. The number of thioether (sulfide) groups is 1. The van der Waals surface area contributed by atoms with Crippen LogP contribution in [0.5, 0.6) is 5.75 Å². The van der Waals surface area contributed by atoms with Gasteiger partial charge in [0.05, 0.1) is 23.0 Å². The molecule has 8 heteroatoms. The molecule has 0 aliphatic carbocycles. The van der Waals surface area contributed by atoms with Crippen LogP contribution in [0.4, 0.5) is 10.5 Å². The van der Waals surface area contributed by atoms with Crippen molar-refractivity contribution >= 4 is 34.7 Å². The molecule has 7 nitrogen and oxygen atoms in total. The first-order valence-electron chi connectivity index (χ1n) is 9.97. The van der Waals surface area contributed by atoms with E-state index in [0.717, 1.165) is 39.1 Å². The third-order valence-corrected chi connectivity index (χ3v) is 5.85. The van der Waals surface area contributed by atoms with E-state index in [4.69, 9.17) is 4.74 Å². The van der Waals surface area contributed by atoms with Crippen molar-refractivity contribution in [3.63, 3.8) is 0 Å². The molecule has 2 aromatic carbocycles. The number of carbonyl (C=O) groups excluding carboxylic acids is 2. The standard InChI is InChI=1S/C23H24N2O5S/c1-5-30-20-9-15(4)17(11-19(20)14(2)3)12-21-22(26)24(23(27)31-21)13-16-7-6-8-18(10-16)25(28)29/h6-12,14H,5,13H2,1-4H3. The molecular formula is C23H24N2O5S. The molecule has 3 rings (SSSR count). The molecule has 1 heterocycles. The fourth-order valence-corrected chi connectivity index (χ4v) is 4.16. The van der Waals surface area contributed by atoms with Crippen LogP contribution in [0.1, 0.15) is 48.9 Å². The fraction of sp³-hybridized carbons (Fsp3) is 0.304. The second-order valence-electron chi connectivity index (χ2n) is 7.53. The maximum atomic E-state index is 12.9. The Bertz CT molecular complexity index is 1080. The zero-order valence-electron chi connectivity index (χ0n) is 17.9. The highest BCUT2D eigenvalue weighted by Crippen LogP contribution is 2.36. The number of nitro groups is 1. The summed E-state index contributed by atoms with van der Waals surface area (Å²) in [5.41, 5.74) is 3.28. The molecule has 1 aliphatic rings. The molecular weight excluding hydrogens is 416 g/mol. The van der Waals surface area contributed by atoms with Gasteiger partial charge in [0.2, 0.25) is 0 Å². The average molecular weight is 441 g/mol. The minimum atomic E-state index is -0.502. The normalized spacial score (nSPS) is 15.3. The minimum Gasteiger partial charge on any atom is -0.494 e. The Hall–Kier alpha value is -3.13. The molecule has 2 aromatic rings. The van der Waals surface area contributed by atoms with Crippen LogP contribution < -0.4 is 4.74 Å². The highest BCUT2D eigenvalue weighted by molar-refractivity contribution is 8.18. The maximum absolute atomic E-state index is 12.9. The highest BCUT2D eigenvalue weighted by Gasteiger charge is 2.35. The smallest absolute Gasteiger partial charge is 0.293 e. The van der Waals surface area contributed by atoms with Crippen LogP contribution in [0.2, 0.25) is 0 Å². The number of imide groups is 1. The number of ether oxygens (including phenoxy) is 1. The first-order valence-corrected chi connectivity index (χ1v) is 10.8. The van der Waals surface area contributed by atoms with Gasteiger partial charge in [0.15, 0.2) is 0 Å². The molecule has 0 spiro atoms. The number of rotatable bonds is 7. The summed E-state index contributed by atoms with van der Waals surface area (Å²) in [6.45, 7) is 8.57. The van der Waals surface area contributed by atoms with E-state index in [2.05, 4.69) is 13.8 Å². The second kappa shape index (κ2) is 9.34. The number of benzene rings is 2. The molecule has 0 atom stereocenters. The van der Waals surface area contributed by atoms with E-state index in [9.17, 15) is 19.7 Å². The Morgan fingerprint density at radius 3 is 2.61 bits per heavy atom. The molecule has 2 amide bonds. The quantitative estimate of drug-likeness (QED) is 0.313. The number of hydrogen-bond acceptors (Lipinski definition) is 6. The van der Waals surface area contributed by atoms with Crippen LogP contribution in [-0.2, 0) is 11.3 Å². The molecule has 0 bridgehead atoms. The van der Waals surface area contributed by atoms with Gasteiger partial charge in [-0.2, -0.15) is 0 Å². The molecule has 0 N–H and O–H groups in total. The van der Waals surface area contributed by atoms with Crippen LogP contribution in [0.25, 0.3) is 6.08 Å². The number of nitrogens with zero attached hydrogens (tertiary/aromatic N) is 2. The number of hydrogen-bond donors (Lipinski definition) is 0. The van der Waals surface area contributed by atoms with Crippen LogP contribution >= 0.6 is 11.8 Å². The summed E-state index contributed by atoms with van der Waals surface area (Å²) in [5, 5.41) is 10.6. The second-order valence-corrected chi connectivity index (χ2v) is 8.52. The fourth-order valence-electron chi connectivity index (χ4n) is 3.33. The molecule has 0 aromatic heterocycles. The van der Waals surface area contributed by atoms with Gasteiger partial charge in [-0.1, -0.05) is 26.0 Å². The monoisotopic (exact) mass is 440 g/mol. The van der Waals surface area contributed by atoms with Gasteiger partial charge >= 0.3 is 0 Å². The first-order chi connectivity index (χ1) is 14.7. The third kappa shape index (κ3) is 4.96. The number of aryl methyl sites for hydroxylation is 1. The summed E-state index contributed by atoms with van der Waals surface area (Å²) in [5.74, 6) is 0.657. The number of nitro benzene ring substituents is 1. The van der Waals surface area contributed by atoms with Gasteiger partial charge in [-0.05, 0) is 72.0 Å². The van der Waals surface area contributed by atoms with Crippen LogP contribution in [0.3, 0.4) is 0 Å². The van der Waals surface area contributed by atoms with Crippen molar-refractivity contribution in [1.82, 2.24) is 4.90 Å². The Morgan fingerprint density at radius 2 is 1.97 bits per heavy atom. The number of amides is 2. The zero-order valence-corrected chi connectivity index (χ0v) is 18.7. The Labute approximate surface area is 185 Å². The Morgan fingerprint density at radius 1 is 1.23 bits per heavy atom. The van der Waals surface area contributed by atoms with Crippen molar-refractivity contribution in [3.05, 3.63) is 73.7 Å². The largest absolute Gasteiger partial charge is 0.494 e. The van der Waals surface area contributed by atoms with Gasteiger partial charge in [0.1, 0.15) is 5.75 Å². The highest BCUT2D eigenvalue weighted by atomic mass is 32.2. The van der Waals surface area contributed by atoms with Crippen molar-refractivity contribution in [1.29, 1.82) is 0 Å². The van der Waals surface area contributed by atoms with Gasteiger partial charge < -0.3 is 4.74 Å². The summed E-state index contributed by atoms with van der Waals surface area (Å²) in [7, 11) is 0. The predicted molar refractivity (Wildman–Crippen MR) is 121 cm³/mol. The van der Waals surface area contributed by atoms with Crippen molar-refractivity contribution < 1.29 is 19.2 Å². The lowest BCUT2D eigenvalue weighted by Crippen LogP contribution is -2.27. The summed E-state index contributed by atoms with van der Waals surface area (Å²) < 4.78 is 5.75. The SMILES string of the molecule is CCOc1cc(C)c(C=C2SC(=O)N(Cc3cccc([N+](=O)[O-])c3)C2=O)cc1C(C)C. The average Bonchev–Trinajstić information content (AvgIpc) is 2.97. The molecule has 0 saturated carbocycles. The summed E-state index contributed by atoms with van der Waals surface area (Å²) >= 11 is 0.877. The van der Waals surface area contributed by atoms with E-state index >= 15 is 0 Å². The van der Waals surface area contributed by atoms with Crippen molar-refractivity contribution in [2.45, 2.75) is 40.2 Å². The van der Waals surface area contributed by atoms with Gasteiger partial charge in [0.25, 0.3) is 16.8 Å². The molecule has 1 fully saturated rings. The maximum Gasteiger partial charge on any atom is 0.293 e. The third-order valence-electron chi connectivity index (χ3n) is 4.94.